The van der Waals surface area contributed by atoms with Crippen LogP contribution >= 0.6 is 0 Å². The van der Waals surface area contributed by atoms with Gasteiger partial charge in [-0.3, -0.25) is 4.79 Å². The van der Waals surface area contributed by atoms with E-state index in [1.165, 1.54) is 13.0 Å². The molecule has 0 atom stereocenters. The van der Waals surface area contributed by atoms with Crippen LogP contribution in [0.3, 0.4) is 0 Å². The zero-order chi connectivity index (χ0) is 12.1. The second-order valence-electron chi connectivity index (χ2n) is 3.19. The molecule has 0 aliphatic rings. The van der Waals surface area contributed by atoms with Crippen molar-refractivity contribution in [2.24, 2.45) is 0 Å². The van der Waals surface area contributed by atoms with Crippen LogP contribution in [0.1, 0.15) is 18.1 Å². The fourth-order valence-electron chi connectivity index (χ4n) is 1.20. The van der Waals surface area contributed by atoms with Crippen LogP contribution < -0.4 is 0 Å². The molecule has 1 aromatic rings. The number of ketones is 1. The predicted molar refractivity (Wildman–Crippen MR) is 60.7 cm³/mol. The van der Waals surface area contributed by atoms with E-state index in [-0.39, 0.29) is 5.57 Å². The Kier molecular flexibility index (Phi) is 3.62. The van der Waals surface area contributed by atoms with E-state index in [1.54, 1.807) is 24.3 Å². The molecule has 0 heterocycles. The summed E-state index contributed by atoms with van der Waals surface area (Å²) in [6.45, 7) is 1.21. The van der Waals surface area contributed by atoms with Crippen molar-refractivity contribution in [3.8, 4) is 12.3 Å². The van der Waals surface area contributed by atoms with Crippen molar-refractivity contribution in [2.75, 3.05) is 0 Å². The van der Waals surface area contributed by atoms with Crippen molar-refractivity contribution in [2.45, 2.75) is 6.92 Å². The summed E-state index contributed by atoms with van der Waals surface area (Å²) in [6, 6.07) is 6.77. The molecule has 3 heteroatoms. The Morgan fingerprint density at radius 2 is 2.12 bits per heavy atom. The maximum atomic E-state index is 11.1. The number of carboxylic acids is 1. The van der Waals surface area contributed by atoms with Crippen LogP contribution in [0.2, 0.25) is 0 Å². The van der Waals surface area contributed by atoms with Gasteiger partial charge in [0.15, 0.2) is 5.78 Å². The highest BCUT2D eigenvalue weighted by Crippen LogP contribution is 2.10. The number of benzene rings is 1. The van der Waals surface area contributed by atoms with Crippen molar-refractivity contribution < 1.29 is 14.7 Å². The number of carbonyl (C=O) groups is 2. The van der Waals surface area contributed by atoms with E-state index in [0.29, 0.717) is 11.1 Å². The third-order valence-corrected chi connectivity index (χ3v) is 1.97. The lowest BCUT2D eigenvalue weighted by Gasteiger charge is -1.98. The second kappa shape index (κ2) is 4.94. The Balaban J connectivity index is 3.19. The van der Waals surface area contributed by atoms with E-state index in [0.717, 1.165) is 0 Å². The minimum Gasteiger partial charge on any atom is -0.478 e. The molecule has 0 saturated carbocycles. The molecule has 1 N–H and O–H groups in total. The lowest BCUT2D eigenvalue weighted by Crippen LogP contribution is -2.08. The molecule has 0 spiro atoms. The average Bonchev–Trinajstić information content (AvgIpc) is 2.25. The number of hydrogen-bond acceptors (Lipinski definition) is 2. The van der Waals surface area contributed by atoms with E-state index in [4.69, 9.17) is 11.5 Å². The summed E-state index contributed by atoms with van der Waals surface area (Å²) >= 11 is 0. The van der Waals surface area contributed by atoms with Gasteiger partial charge >= 0.3 is 5.97 Å². The van der Waals surface area contributed by atoms with Gasteiger partial charge in [0.2, 0.25) is 0 Å². The summed E-state index contributed by atoms with van der Waals surface area (Å²) in [5.74, 6) is 0.713. The highest BCUT2D eigenvalue weighted by molar-refractivity contribution is 6.19. The molecule has 3 nitrogen and oxygen atoms in total. The Labute approximate surface area is 93.4 Å². The number of carbonyl (C=O) groups excluding carboxylic acids is 1. The van der Waals surface area contributed by atoms with Crippen LogP contribution in [0.15, 0.2) is 29.8 Å². The van der Waals surface area contributed by atoms with Crippen LogP contribution in [0.25, 0.3) is 6.08 Å². The van der Waals surface area contributed by atoms with Crippen LogP contribution in [-0.2, 0) is 9.59 Å². The smallest absolute Gasteiger partial charge is 0.339 e. The minimum absolute atomic E-state index is 0.255. The maximum Gasteiger partial charge on any atom is 0.339 e. The van der Waals surface area contributed by atoms with Crippen molar-refractivity contribution in [1.82, 2.24) is 0 Å². The lowest BCUT2D eigenvalue weighted by atomic mass is 10.1. The Bertz CT molecular complexity index is 488. The van der Waals surface area contributed by atoms with Gasteiger partial charge in [-0.1, -0.05) is 18.1 Å². The lowest BCUT2D eigenvalue weighted by molar-refractivity contribution is -0.134. The molecule has 80 valence electrons. The van der Waals surface area contributed by atoms with Gasteiger partial charge in [-0.25, -0.2) is 4.79 Å². The van der Waals surface area contributed by atoms with E-state index in [9.17, 15) is 9.59 Å². The molecule has 1 aromatic carbocycles. The van der Waals surface area contributed by atoms with Crippen LogP contribution in [0, 0.1) is 12.3 Å². The largest absolute Gasteiger partial charge is 0.478 e. The standard InChI is InChI=1S/C13H10O3/c1-3-10-5-4-6-11(7-10)8-12(9(2)14)13(15)16/h1,4-8H,2H3,(H,15,16)/b12-8-. The monoisotopic (exact) mass is 214 g/mol. The van der Waals surface area contributed by atoms with Crippen LogP contribution in [0.4, 0.5) is 0 Å². The van der Waals surface area contributed by atoms with E-state index in [1.807, 2.05) is 0 Å². The first-order valence-electron chi connectivity index (χ1n) is 4.57. The van der Waals surface area contributed by atoms with Gasteiger partial charge < -0.3 is 5.11 Å². The quantitative estimate of drug-likeness (QED) is 0.361. The van der Waals surface area contributed by atoms with Crippen molar-refractivity contribution in [3.05, 3.63) is 41.0 Å². The summed E-state index contributed by atoms with van der Waals surface area (Å²) in [7, 11) is 0. The molecule has 1 rings (SSSR count). The first-order valence-corrected chi connectivity index (χ1v) is 4.57. The highest BCUT2D eigenvalue weighted by atomic mass is 16.4. The molecule has 0 bridgehead atoms. The number of carboxylic acid groups (broad SMARTS) is 1. The molecule has 16 heavy (non-hydrogen) atoms. The number of terminal acetylenes is 1. The number of rotatable bonds is 3. The molecular formula is C13H10O3. The summed E-state index contributed by atoms with van der Waals surface area (Å²) in [6.07, 6.45) is 6.53. The fourth-order valence-corrected chi connectivity index (χ4v) is 1.20. The van der Waals surface area contributed by atoms with Crippen LogP contribution in [-0.4, -0.2) is 16.9 Å². The summed E-state index contributed by atoms with van der Waals surface area (Å²) < 4.78 is 0. The molecule has 0 unspecified atom stereocenters. The molecule has 0 aromatic heterocycles. The SMILES string of the molecule is C#Cc1cccc(/C=C(/C(C)=O)C(=O)O)c1. The Hall–Kier alpha value is -2.34. The fraction of sp³-hybridized carbons (Fsp3) is 0.0769. The normalized spacial score (nSPS) is 10.6. The molecule has 0 aliphatic heterocycles. The predicted octanol–water partition coefficient (Wildman–Crippen LogP) is 1.72. The van der Waals surface area contributed by atoms with Gasteiger partial charge in [0.1, 0.15) is 5.57 Å². The first-order chi connectivity index (χ1) is 7.54. The van der Waals surface area contributed by atoms with Gasteiger partial charge in [-0.15, -0.1) is 6.42 Å². The molecule has 0 fully saturated rings. The minimum atomic E-state index is -1.24. The Morgan fingerprint density at radius 3 is 2.62 bits per heavy atom. The van der Waals surface area contributed by atoms with Gasteiger partial charge in [0, 0.05) is 5.56 Å². The van der Waals surface area contributed by atoms with Crippen molar-refractivity contribution in [3.63, 3.8) is 0 Å². The van der Waals surface area contributed by atoms with Crippen molar-refractivity contribution in [1.29, 1.82) is 0 Å². The molecule has 0 saturated heterocycles. The van der Waals surface area contributed by atoms with Crippen LogP contribution in [0.5, 0.6) is 0 Å². The molecule has 0 radical (unpaired) electrons. The zero-order valence-corrected chi connectivity index (χ0v) is 8.73. The number of aliphatic carboxylic acids is 1. The highest BCUT2D eigenvalue weighted by Gasteiger charge is 2.12. The summed E-state index contributed by atoms with van der Waals surface area (Å²) in [4.78, 5) is 21.8. The molecule has 0 amide bonds. The van der Waals surface area contributed by atoms with E-state index >= 15 is 0 Å². The Morgan fingerprint density at radius 1 is 1.44 bits per heavy atom. The van der Waals surface area contributed by atoms with Gasteiger partial charge in [0.05, 0.1) is 0 Å². The third kappa shape index (κ3) is 2.82. The van der Waals surface area contributed by atoms with E-state index in [2.05, 4.69) is 5.92 Å². The number of hydrogen-bond donors (Lipinski definition) is 1. The van der Waals surface area contributed by atoms with E-state index < -0.39 is 11.8 Å². The second-order valence-corrected chi connectivity index (χ2v) is 3.19. The van der Waals surface area contributed by atoms with Gasteiger partial charge in [-0.05, 0) is 30.7 Å². The molecule has 0 aliphatic carbocycles. The summed E-state index contributed by atoms with van der Waals surface area (Å²) in [5, 5.41) is 8.80. The average molecular weight is 214 g/mol. The van der Waals surface area contributed by atoms with Gasteiger partial charge in [-0.2, -0.15) is 0 Å². The topological polar surface area (TPSA) is 54.4 Å². The molecular weight excluding hydrogens is 204 g/mol. The summed E-state index contributed by atoms with van der Waals surface area (Å²) in [5.41, 5.74) is 0.985. The zero-order valence-electron chi connectivity index (χ0n) is 8.73. The number of Topliss-reactive ketones (excluding diaryl/α,β-unsaturated/α-hetero) is 1. The van der Waals surface area contributed by atoms with Crippen molar-refractivity contribution >= 4 is 17.8 Å². The third-order valence-electron chi connectivity index (χ3n) is 1.97. The van der Waals surface area contributed by atoms with Gasteiger partial charge in [0.25, 0.3) is 0 Å². The first kappa shape index (κ1) is 11.7. The maximum absolute atomic E-state index is 11.1.